The predicted octanol–water partition coefficient (Wildman–Crippen LogP) is 3.23. The zero-order valence-electron chi connectivity index (χ0n) is 11.4. The van der Waals surface area contributed by atoms with Crippen LogP contribution in [0.25, 0.3) is 0 Å². The Morgan fingerprint density at radius 2 is 2.05 bits per heavy atom. The molecule has 0 radical (unpaired) electrons. The van der Waals surface area contributed by atoms with Crippen LogP contribution in [0.4, 0.5) is 10.2 Å². The summed E-state index contributed by atoms with van der Waals surface area (Å²) < 4.78 is 14.5. The van der Waals surface area contributed by atoms with Gasteiger partial charge in [0.2, 0.25) is 0 Å². The highest BCUT2D eigenvalue weighted by Crippen LogP contribution is 2.16. The molecule has 0 N–H and O–H groups in total. The summed E-state index contributed by atoms with van der Waals surface area (Å²) in [5, 5.41) is 14.2. The summed E-state index contributed by atoms with van der Waals surface area (Å²) in [7, 11) is 0. The SMILES string of the molecule is CC(C)=O.O=[N+]([O-])c1ccn(Cc2ccc(Cl)c(F)c2)n1. The number of ketones is 1. The van der Waals surface area contributed by atoms with Crippen LogP contribution in [0.1, 0.15) is 19.4 Å². The van der Waals surface area contributed by atoms with Crippen molar-refractivity contribution < 1.29 is 14.1 Å². The fourth-order valence-electron chi connectivity index (χ4n) is 1.36. The molecule has 2 aromatic rings. The fourth-order valence-corrected chi connectivity index (χ4v) is 1.48. The number of carbonyl (C=O) groups excluding carboxylic acids is 1. The van der Waals surface area contributed by atoms with Crippen LogP contribution in [0.5, 0.6) is 0 Å². The van der Waals surface area contributed by atoms with E-state index in [-0.39, 0.29) is 23.2 Å². The third kappa shape index (κ3) is 5.70. The number of hydrogen-bond donors (Lipinski definition) is 0. The Bertz CT molecular complexity index is 654. The molecule has 112 valence electrons. The van der Waals surface area contributed by atoms with Crippen molar-refractivity contribution in [3.8, 4) is 0 Å². The molecule has 21 heavy (non-hydrogen) atoms. The number of aromatic nitrogens is 2. The molecule has 0 saturated heterocycles. The van der Waals surface area contributed by atoms with Gasteiger partial charge in [-0.25, -0.2) is 4.39 Å². The Hall–Kier alpha value is -2.28. The van der Waals surface area contributed by atoms with Gasteiger partial charge in [0.25, 0.3) is 0 Å². The fraction of sp³-hybridized carbons (Fsp3) is 0.231. The maximum Gasteiger partial charge on any atom is 0.389 e. The van der Waals surface area contributed by atoms with E-state index in [4.69, 9.17) is 11.6 Å². The Kier molecular flexibility index (Phi) is 5.98. The molecule has 0 aliphatic carbocycles. The molecule has 0 saturated carbocycles. The average Bonchev–Trinajstić information content (AvgIpc) is 2.82. The Morgan fingerprint density at radius 3 is 2.52 bits per heavy atom. The molecule has 0 unspecified atom stereocenters. The van der Waals surface area contributed by atoms with Crippen molar-refractivity contribution in [3.63, 3.8) is 0 Å². The third-order valence-corrected chi connectivity index (χ3v) is 2.45. The lowest BCUT2D eigenvalue weighted by Gasteiger charge is -2.00. The lowest BCUT2D eigenvalue weighted by molar-refractivity contribution is -0.389. The van der Waals surface area contributed by atoms with E-state index in [9.17, 15) is 19.3 Å². The van der Waals surface area contributed by atoms with Gasteiger partial charge in [-0.3, -0.25) is 0 Å². The minimum atomic E-state index is -0.584. The van der Waals surface area contributed by atoms with Crippen molar-refractivity contribution in [2.45, 2.75) is 20.4 Å². The highest BCUT2D eigenvalue weighted by Gasteiger charge is 2.11. The summed E-state index contributed by atoms with van der Waals surface area (Å²) >= 11 is 5.54. The second-order valence-corrected chi connectivity index (χ2v) is 4.69. The number of hydrogen-bond acceptors (Lipinski definition) is 4. The van der Waals surface area contributed by atoms with Gasteiger partial charge >= 0.3 is 5.82 Å². The molecular weight excluding hydrogens is 301 g/mol. The average molecular weight is 314 g/mol. The number of nitrogens with zero attached hydrogens (tertiary/aromatic N) is 3. The van der Waals surface area contributed by atoms with Crippen molar-refractivity contribution in [1.29, 1.82) is 0 Å². The number of carbonyl (C=O) groups is 1. The molecule has 0 atom stereocenters. The second kappa shape index (κ2) is 7.49. The van der Waals surface area contributed by atoms with Gasteiger partial charge in [0.1, 0.15) is 11.6 Å². The first-order valence-electron chi connectivity index (χ1n) is 5.88. The number of Topliss-reactive ketones (excluding diaryl/α,β-unsaturated/α-hetero) is 1. The molecule has 1 aromatic heterocycles. The van der Waals surface area contributed by atoms with E-state index in [0.29, 0.717) is 5.56 Å². The van der Waals surface area contributed by atoms with Gasteiger partial charge in [-0.2, -0.15) is 4.68 Å². The van der Waals surface area contributed by atoms with E-state index in [1.807, 2.05) is 0 Å². The van der Waals surface area contributed by atoms with Crippen LogP contribution >= 0.6 is 11.6 Å². The second-order valence-electron chi connectivity index (χ2n) is 4.29. The largest absolute Gasteiger partial charge is 0.389 e. The molecule has 0 fully saturated rings. The van der Waals surface area contributed by atoms with Crippen molar-refractivity contribution in [3.05, 3.63) is 57.0 Å². The number of rotatable bonds is 3. The topological polar surface area (TPSA) is 78.0 Å². The molecule has 1 aromatic carbocycles. The standard InChI is InChI=1S/C10H7ClFN3O2.C3H6O/c11-8-2-1-7(5-9(8)12)6-14-4-3-10(13-14)15(16)17;1-3(2)4/h1-5H,6H2;1-2H3. The minimum absolute atomic E-state index is 0.0418. The van der Waals surface area contributed by atoms with Crippen LogP contribution in [0.3, 0.4) is 0 Å². The maximum atomic E-state index is 13.1. The van der Waals surface area contributed by atoms with Crippen LogP contribution in [0, 0.1) is 15.9 Å². The van der Waals surface area contributed by atoms with Gasteiger partial charge in [0.05, 0.1) is 28.9 Å². The smallest absolute Gasteiger partial charge is 0.358 e. The van der Waals surface area contributed by atoms with Crippen molar-refractivity contribution in [2.24, 2.45) is 0 Å². The van der Waals surface area contributed by atoms with E-state index in [2.05, 4.69) is 5.10 Å². The van der Waals surface area contributed by atoms with Gasteiger partial charge in [-0.05, 0) is 36.5 Å². The van der Waals surface area contributed by atoms with Gasteiger partial charge in [0, 0.05) is 0 Å². The van der Waals surface area contributed by atoms with E-state index in [1.165, 1.54) is 42.9 Å². The normalized spacial score (nSPS) is 9.71. The Morgan fingerprint density at radius 1 is 1.43 bits per heavy atom. The summed E-state index contributed by atoms with van der Waals surface area (Å²) in [4.78, 5) is 19.3. The first-order chi connectivity index (χ1) is 9.79. The first kappa shape index (κ1) is 16.8. The predicted molar refractivity (Wildman–Crippen MR) is 75.7 cm³/mol. The molecule has 1 heterocycles. The van der Waals surface area contributed by atoms with E-state index in [1.54, 1.807) is 6.07 Å². The lowest BCUT2D eigenvalue weighted by atomic mass is 10.2. The number of halogens is 2. The first-order valence-corrected chi connectivity index (χ1v) is 6.26. The number of benzene rings is 1. The molecule has 2 rings (SSSR count). The van der Waals surface area contributed by atoms with Crippen LogP contribution in [0.2, 0.25) is 5.02 Å². The van der Waals surface area contributed by atoms with Gasteiger partial charge in [-0.1, -0.05) is 17.7 Å². The molecule has 6 nitrogen and oxygen atoms in total. The highest BCUT2D eigenvalue weighted by molar-refractivity contribution is 6.30. The summed E-state index contributed by atoms with van der Waals surface area (Å²) in [6.45, 7) is 3.31. The van der Waals surface area contributed by atoms with E-state index >= 15 is 0 Å². The van der Waals surface area contributed by atoms with E-state index in [0.717, 1.165) is 0 Å². The number of nitro groups is 1. The molecular formula is C13H13ClFN3O3. The van der Waals surface area contributed by atoms with Crippen LogP contribution in [-0.4, -0.2) is 20.5 Å². The molecule has 0 spiro atoms. The Balaban J connectivity index is 0.000000491. The zero-order valence-corrected chi connectivity index (χ0v) is 12.2. The zero-order chi connectivity index (χ0) is 16.0. The molecule has 8 heteroatoms. The van der Waals surface area contributed by atoms with Crippen LogP contribution in [0.15, 0.2) is 30.5 Å². The summed E-state index contributed by atoms with van der Waals surface area (Å²) in [6.07, 6.45) is 1.46. The van der Waals surface area contributed by atoms with Crippen molar-refractivity contribution in [2.75, 3.05) is 0 Å². The third-order valence-electron chi connectivity index (χ3n) is 2.14. The highest BCUT2D eigenvalue weighted by atomic mass is 35.5. The Labute approximate surface area is 125 Å². The maximum absolute atomic E-state index is 13.1. The van der Waals surface area contributed by atoms with Gasteiger partial charge in [-0.15, -0.1) is 0 Å². The summed E-state index contributed by atoms with van der Waals surface area (Å²) in [6, 6.07) is 5.63. The van der Waals surface area contributed by atoms with Crippen molar-refractivity contribution >= 4 is 23.2 Å². The molecule has 0 aliphatic rings. The van der Waals surface area contributed by atoms with Crippen LogP contribution in [-0.2, 0) is 11.3 Å². The van der Waals surface area contributed by atoms with Gasteiger partial charge < -0.3 is 14.9 Å². The quantitative estimate of drug-likeness (QED) is 0.643. The van der Waals surface area contributed by atoms with Gasteiger partial charge in [0.15, 0.2) is 0 Å². The van der Waals surface area contributed by atoms with Crippen LogP contribution < -0.4 is 0 Å². The summed E-state index contributed by atoms with van der Waals surface area (Å²) in [5.41, 5.74) is 0.630. The minimum Gasteiger partial charge on any atom is -0.358 e. The molecule has 0 amide bonds. The molecule has 0 aliphatic heterocycles. The van der Waals surface area contributed by atoms with E-state index < -0.39 is 10.7 Å². The lowest BCUT2D eigenvalue weighted by Crippen LogP contribution is -2.01. The molecule has 0 bridgehead atoms. The monoisotopic (exact) mass is 313 g/mol. The van der Waals surface area contributed by atoms with Crippen molar-refractivity contribution in [1.82, 2.24) is 9.78 Å². The summed E-state index contributed by atoms with van der Waals surface area (Å²) in [5.74, 6) is -0.592.